The average Bonchev–Trinajstić information content (AvgIpc) is 3.40. The van der Waals surface area contributed by atoms with Crippen molar-refractivity contribution in [1.82, 2.24) is 19.9 Å². The summed E-state index contributed by atoms with van der Waals surface area (Å²) in [5.41, 5.74) is 5.11. The molecule has 0 aliphatic heterocycles. The number of rotatable bonds is 7. The molecule has 2 aromatic heterocycles. The highest BCUT2D eigenvalue weighted by Crippen LogP contribution is 2.33. The number of carbonyl (C=O) groups excluding carboxylic acids is 1. The van der Waals surface area contributed by atoms with Gasteiger partial charge in [-0.2, -0.15) is 0 Å². The molecule has 1 amide bonds. The molecule has 0 aliphatic rings. The van der Waals surface area contributed by atoms with Crippen LogP contribution in [0.4, 0.5) is 0 Å². The van der Waals surface area contributed by atoms with E-state index in [1.165, 1.54) is 11.3 Å². The first kappa shape index (κ1) is 20.4. The van der Waals surface area contributed by atoms with E-state index in [1.54, 1.807) is 30.8 Å². The van der Waals surface area contributed by atoms with Gasteiger partial charge in [0.2, 0.25) is 5.91 Å². The molecular formula is C23H22N4OS2. The predicted octanol–water partition coefficient (Wildman–Crippen LogP) is 5.12. The van der Waals surface area contributed by atoms with Gasteiger partial charge in [0.1, 0.15) is 5.01 Å². The molecule has 0 spiro atoms. The van der Waals surface area contributed by atoms with Gasteiger partial charge < -0.3 is 9.88 Å². The summed E-state index contributed by atoms with van der Waals surface area (Å²) in [5.74, 6) is 0.761. The van der Waals surface area contributed by atoms with Gasteiger partial charge in [0.05, 0.1) is 23.5 Å². The van der Waals surface area contributed by atoms with E-state index in [4.69, 9.17) is 4.98 Å². The third-order valence-electron chi connectivity index (χ3n) is 4.55. The van der Waals surface area contributed by atoms with Crippen LogP contribution in [0.3, 0.4) is 0 Å². The van der Waals surface area contributed by atoms with Crippen LogP contribution in [0.5, 0.6) is 0 Å². The van der Waals surface area contributed by atoms with E-state index in [-0.39, 0.29) is 5.91 Å². The molecule has 0 unspecified atom stereocenters. The van der Waals surface area contributed by atoms with Gasteiger partial charge >= 0.3 is 0 Å². The number of aromatic nitrogens is 3. The van der Waals surface area contributed by atoms with Gasteiger partial charge in [-0.1, -0.05) is 72.4 Å². The number of hydrogen-bond donors (Lipinski definition) is 1. The molecule has 4 rings (SSSR count). The van der Waals surface area contributed by atoms with Crippen molar-refractivity contribution in [3.05, 3.63) is 76.7 Å². The van der Waals surface area contributed by atoms with E-state index in [0.717, 1.165) is 38.4 Å². The standard InChI is InChI=1S/C23H22N4OS2/c1-27(2)20(28)13-19-24-18(14-29-19)15-30-23-25-21(16-9-5-3-6-10-16)22(26-23)17-11-7-4-8-12-17/h3-12,14H,13,15H2,1-2H3,(H,25,26). The topological polar surface area (TPSA) is 61.9 Å². The number of carbonyl (C=O) groups is 1. The molecule has 4 aromatic rings. The zero-order valence-corrected chi connectivity index (χ0v) is 18.5. The number of H-pyrrole nitrogens is 1. The Balaban J connectivity index is 1.53. The number of thioether (sulfide) groups is 1. The number of nitrogens with zero attached hydrogens (tertiary/aromatic N) is 3. The van der Waals surface area contributed by atoms with Crippen LogP contribution in [0, 0.1) is 0 Å². The number of aromatic amines is 1. The fraction of sp³-hybridized carbons (Fsp3) is 0.174. The fourth-order valence-electron chi connectivity index (χ4n) is 2.96. The molecule has 5 nitrogen and oxygen atoms in total. The Morgan fingerprint density at radius 3 is 2.33 bits per heavy atom. The zero-order valence-electron chi connectivity index (χ0n) is 16.8. The Hall–Kier alpha value is -2.90. The summed E-state index contributed by atoms with van der Waals surface area (Å²) >= 11 is 3.15. The van der Waals surface area contributed by atoms with Crippen LogP contribution in [-0.2, 0) is 17.0 Å². The summed E-state index contributed by atoms with van der Waals surface area (Å²) in [5, 5.41) is 3.72. The van der Waals surface area contributed by atoms with Crippen molar-refractivity contribution in [2.75, 3.05) is 14.1 Å². The maximum absolute atomic E-state index is 11.9. The second-order valence-corrected chi connectivity index (χ2v) is 8.89. The SMILES string of the molecule is CN(C)C(=O)Cc1nc(CSc2nc(-c3ccccc3)c(-c3ccccc3)[nH]2)cs1. The molecule has 0 radical (unpaired) electrons. The first-order chi connectivity index (χ1) is 14.6. The van der Waals surface area contributed by atoms with Gasteiger partial charge in [-0.3, -0.25) is 4.79 Å². The van der Waals surface area contributed by atoms with Gasteiger partial charge in [-0.15, -0.1) is 11.3 Å². The number of nitrogens with one attached hydrogen (secondary N) is 1. The lowest BCUT2D eigenvalue weighted by atomic mass is 10.1. The predicted molar refractivity (Wildman–Crippen MR) is 124 cm³/mol. The van der Waals surface area contributed by atoms with Gasteiger partial charge in [-0.05, 0) is 0 Å². The molecule has 0 bridgehead atoms. The number of hydrogen-bond acceptors (Lipinski definition) is 5. The molecule has 2 heterocycles. The quantitative estimate of drug-likeness (QED) is 0.410. The Morgan fingerprint density at radius 1 is 1.00 bits per heavy atom. The van der Waals surface area contributed by atoms with E-state index in [2.05, 4.69) is 34.2 Å². The zero-order chi connectivity index (χ0) is 20.9. The summed E-state index contributed by atoms with van der Waals surface area (Å²) in [7, 11) is 3.52. The highest BCUT2D eigenvalue weighted by atomic mass is 32.2. The van der Waals surface area contributed by atoms with Crippen molar-refractivity contribution in [3.8, 4) is 22.5 Å². The molecule has 30 heavy (non-hydrogen) atoms. The molecule has 0 saturated carbocycles. The van der Waals surface area contributed by atoms with Gasteiger partial charge in [0.25, 0.3) is 0 Å². The van der Waals surface area contributed by atoms with Crippen molar-refractivity contribution in [2.45, 2.75) is 17.3 Å². The van der Waals surface area contributed by atoms with Crippen LogP contribution in [0.2, 0.25) is 0 Å². The van der Waals surface area contributed by atoms with Crippen LogP contribution < -0.4 is 0 Å². The molecule has 7 heteroatoms. The van der Waals surface area contributed by atoms with Crippen molar-refractivity contribution in [3.63, 3.8) is 0 Å². The largest absolute Gasteiger partial charge is 0.348 e. The smallest absolute Gasteiger partial charge is 0.228 e. The molecule has 152 valence electrons. The highest BCUT2D eigenvalue weighted by molar-refractivity contribution is 7.98. The van der Waals surface area contributed by atoms with Gasteiger partial charge in [-0.25, -0.2) is 9.97 Å². The Bertz CT molecular complexity index is 1060. The highest BCUT2D eigenvalue weighted by Gasteiger charge is 2.15. The third-order valence-corrected chi connectivity index (χ3v) is 6.35. The first-order valence-electron chi connectivity index (χ1n) is 9.57. The van der Waals surface area contributed by atoms with Crippen LogP contribution in [0.15, 0.2) is 71.2 Å². The lowest BCUT2D eigenvalue weighted by molar-refractivity contribution is -0.127. The maximum Gasteiger partial charge on any atom is 0.228 e. The molecule has 0 atom stereocenters. The Labute approximate surface area is 184 Å². The van der Waals surface area contributed by atoms with E-state index in [9.17, 15) is 4.79 Å². The van der Waals surface area contributed by atoms with E-state index in [0.29, 0.717) is 12.2 Å². The minimum absolute atomic E-state index is 0.0644. The van der Waals surface area contributed by atoms with Crippen molar-refractivity contribution < 1.29 is 4.79 Å². The van der Waals surface area contributed by atoms with E-state index < -0.39 is 0 Å². The monoisotopic (exact) mass is 434 g/mol. The summed E-state index contributed by atoms with van der Waals surface area (Å²) in [6.45, 7) is 0. The van der Waals surface area contributed by atoms with Crippen molar-refractivity contribution in [1.29, 1.82) is 0 Å². The summed E-state index contributed by atoms with van der Waals surface area (Å²) in [4.78, 5) is 26.4. The second-order valence-electron chi connectivity index (χ2n) is 6.98. The summed E-state index contributed by atoms with van der Waals surface area (Å²) in [6, 6.07) is 20.5. The average molecular weight is 435 g/mol. The lowest BCUT2D eigenvalue weighted by Crippen LogP contribution is -2.23. The van der Waals surface area contributed by atoms with Gasteiger partial charge in [0.15, 0.2) is 5.16 Å². The number of thiazole rings is 1. The normalized spacial score (nSPS) is 10.9. The fourth-order valence-corrected chi connectivity index (χ4v) is 4.62. The van der Waals surface area contributed by atoms with Gasteiger partial charge in [0, 0.05) is 36.4 Å². The molecule has 0 fully saturated rings. The Morgan fingerprint density at radius 2 is 1.67 bits per heavy atom. The van der Waals surface area contributed by atoms with E-state index >= 15 is 0 Å². The van der Waals surface area contributed by atoms with Crippen LogP contribution >= 0.6 is 23.1 Å². The maximum atomic E-state index is 11.9. The molecule has 2 aromatic carbocycles. The molecule has 0 saturated heterocycles. The van der Waals surface area contributed by atoms with E-state index in [1.807, 2.05) is 41.8 Å². The van der Waals surface area contributed by atoms with Crippen LogP contribution in [0.25, 0.3) is 22.5 Å². The number of benzene rings is 2. The summed E-state index contributed by atoms with van der Waals surface area (Å²) in [6.07, 6.45) is 0.347. The second kappa shape index (κ2) is 9.28. The van der Waals surface area contributed by atoms with Crippen molar-refractivity contribution >= 4 is 29.0 Å². The van der Waals surface area contributed by atoms with Crippen LogP contribution in [0.1, 0.15) is 10.7 Å². The number of likely N-dealkylation sites (N-methyl/N-ethyl adjacent to an activating group) is 1. The third kappa shape index (κ3) is 4.80. The minimum Gasteiger partial charge on any atom is -0.348 e. The lowest BCUT2D eigenvalue weighted by Gasteiger charge is -2.07. The first-order valence-corrected chi connectivity index (χ1v) is 11.4. The molecule has 1 N–H and O–H groups in total. The van der Waals surface area contributed by atoms with Crippen molar-refractivity contribution in [2.24, 2.45) is 0 Å². The Kier molecular flexibility index (Phi) is 6.30. The number of imidazole rings is 1. The minimum atomic E-state index is 0.0644. The summed E-state index contributed by atoms with van der Waals surface area (Å²) < 4.78 is 0. The number of amides is 1. The van der Waals surface area contributed by atoms with Crippen LogP contribution in [-0.4, -0.2) is 39.9 Å². The molecule has 0 aliphatic carbocycles. The molecular weight excluding hydrogens is 412 g/mol.